The molecular formula is C36H42ClFN4O5Si. The van der Waals surface area contributed by atoms with Gasteiger partial charge >= 0.3 is 0 Å². The Hall–Kier alpha value is -3.61. The first-order valence-electron chi connectivity index (χ1n) is 16.5. The number of piperazine rings is 1. The van der Waals surface area contributed by atoms with Crippen LogP contribution in [0.15, 0.2) is 72.8 Å². The van der Waals surface area contributed by atoms with E-state index in [1.165, 1.54) is 0 Å². The van der Waals surface area contributed by atoms with Crippen LogP contribution in [0.3, 0.4) is 0 Å². The normalized spacial score (nSPS) is 24.0. The van der Waals surface area contributed by atoms with Gasteiger partial charge in [0.1, 0.15) is 0 Å². The quantitative estimate of drug-likeness (QED) is 0.229. The third kappa shape index (κ3) is 6.41. The number of nitrogens with zero attached hydrogens (tertiary/aromatic N) is 3. The Morgan fingerprint density at radius 3 is 2.50 bits per heavy atom. The zero-order chi connectivity index (χ0) is 34.2. The standard InChI is InChI=1S/C36H42ClFN4O5Si/c1-24-34(48(2,3)38)31(20-32(44)40(17-18-43)22-25-7-5-4-6-8-25)47-36(24)29-19-27(37)11-14-30(29)42(35(36)46)23-26-9-12-28(13-10-26)41-16-15-39-21-33(41)45/h4-14,19,24,31,34,39,43H,15-18,20-23H2,1-3H3/t24-,31+,34-,36+/m1/s1. The summed E-state index contributed by atoms with van der Waals surface area (Å²) in [5.74, 6) is -1.17. The van der Waals surface area contributed by atoms with E-state index >= 15 is 4.11 Å². The number of carbonyl (C=O) groups excluding carboxylic acids is 3. The second-order valence-corrected chi connectivity index (χ2v) is 17.7. The van der Waals surface area contributed by atoms with E-state index in [0.29, 0.717) is 42.5 Å². The molecule has 3 amide bonds. The molecule has 3 aromatic rings. The van der Waals surface area contributed by atoms with Gasteiger partial charge in [-0.05, 0) is 54.6 Å². The smallest absolute Gasteiger partial charge is 0.264 e. The number of nitrogens with one attached hydrogen (secondary N) is 1. The Labute approximate surface area is 286 Å². The number of carbonyl (C=O) groups is 3. The van der Waals surface area contributed by atoms with Crippen LogP contribution in [0.1, 0.15) is 30.0 Å². The van der Waals surface area contributed by atoms with Crippen molar-refractivity contribution in [1.29, 1.82) is 0 Å². The minimum Gasteiger partial charge on any atom is -0.395 e. The van der Waals surface area contributed by atoms with Crippen LogP contribution in [-0.4, -0.2) is 75.0 Å². The fourth-order valence-corrected chi connectivity index (χ4v) is 10.4. The molecule has 48 heavy (non-hydrogen) atoms. The van der Waals surface area contributed by atoms with Crippen molar-refractivity contribution in [2.24, 2.45) is 5.92 Å². The molecule has 3 heterocycles. The number of amides is 3. The summed E-state index contributed by atoms with van der Waals surface area (Å²) < 4.78 is 23.1. The van der Waals surface area contributed by atoms with Gasteiger partial charge in [-0.1, -0.05) is 61.0 Å². The van der Waals surface area contributed by atoms with Crippen LogP contribution in [-0.2, 0) is 37.8 Å². The number of hydrogen-bond donors (Lipinski definition) is 2. The van der Waals surface area contributed by atoms with Gasteiger partial charge < -0.3 is 34.0 Å². The number of rotatable bonds is 10. The lowest BCUT2D eigenvalue weighted by atomic mass is 9.82. The molecule has 3 aromatic carbocycles. The maximum Gasteiger partial charge on any atom is 0.264 e. The molecule has 2 fully saturated rings. The van der Waals surface area contributed by atoms with E-state index in [-0.39, 0.29) is 43.8 Å². The predicted molar refractivity (Wildman–Crippen MR) is 186 cm³/mol. The van der Waals surface area contributed by atoms with Gasteiger partial charge in [-0.2, -0.15) is 0 Å². The molecule has 9 nitrogen and oxygen atoms in total. The molecule has 0 unspecified atom stereocenters. The van der Waals surface area contributed by atoms with Gasteiger partial charge in [-0.3, -0.25) is 14.4 Å². The average molecular weight is 693 g/mol. The fraction of sp³-hybridized carbons (Fsp3) is 0.417. The van der Waals surface area contributed by atoms with Crippen LogP contribution >= 0.6 is 11.6 Å². The number of fused-ring (bicyclic) bond motifs is 2. The van der Waals surface area contributed by atoms with E-state index in [1.54, 1.807) is 46.0 Å². The third-order valence-electron chi connectivity index (χ3n) is 9.92. The number of hydrogen-bond acceptors (Lipinski definition) is 6. The van der Waals surface area contributed by atoms with E-state index in [2.05, 4.69) is 5.32 Å². The molecule has 4 atom stereocenters. The lowest BCUT2D eigenvalue weighted by Crippen LogP contribution is -2.48. The van der Waals surface area contributed by atoms with Crippen molar-refractivity contribution >= 4 is 49.1 Å². The highest BCUT2D eigenvalue weighted by Crippen LogP contribution is 2.60. The molecule has 6 rings (SSSR count). The van der Waals surface area contributed by atoms with Crippen molar-refractivity contribution in [3.63, 3.8) is 0 Å². The Morgan fingerprint density at radius 2 is 1.83 bits per heavy atom. The highest BCUT2D eigenvalue weighted by molar-refractivity contribution is 6.72. The highest BCUT2D eigenvalue weighted by Gasteiger charge is 2.67. The Balaban J connectivity index is 1.30. The zero-order valence-corrected chi connectivity index (χ0v) is 29.3. The number of halogens is 2. The molecule has 2 N–H and O–H groups in total. The predicted octanol–water partition coefficient (Wildman–Crippen LogP) is 5.01. The van der Waals surface area contributed by atoms with Gasteiger partial charge in [0.25, 0.3) is 5.91 Å². The molecule has 0 aliphatic carbocycles. The summed E-state index contributed by atoms with van der Waals surface area (Å²) in [6, 6.07) is 22.3. The summed E-state index contributed by atoms with van der Waals surface area (Å²) in [5, 5.41) is 13.3. The fourth-order valence-electron chi connectivity index (χ4n) is 7.74. The summed E-state index contributed by atoms with van der Waals surface area (Å²) in [6.07, 6.45) is -0.984. The van der Waals surface area contributed by atoms with Gasteiger partial charge in [0.15, 0.2) is 5.60 Å². The number of aliphatic hydroxyl groups excluding tert-OH is 1. The number of anilines is 2. The van der Waals surface area contributed by atoms with Gasteiger partial charge in [-0.25, -0.2) is 0 Å². The largest absolute Gasteiger partial charge is 0.395 e. The molecule has 3 aliphatic heterocycles. The first kappa shape index (κ1) is 34.3. The summed E-state index contributed by atoms with van der Waals surface area (Å²) in [5.41, 5.74) is 1.56. The van der Waals surface area contributed by atoms with Crippen LogP contribution in [0.2, 0.25) is 23.7 Å². The first-order chi connectivity index (χ1) is 22.9. The second-order valence-electron chi connectivity index (χ2n) is 13.4. The monoisotopic (exact) mass is 692 g/mol. The van der Waals surface area contributed by atoms with Crippen LogP contribution < -0.4 is 15.1 Å². The van der Waals surface area contributed by atoms with E-state index in [1.807, 2.05) is 61.5 Å². The van der Waals surface area contributed by atoms with Crippen LogP contribution in [0.4, 0.5) is 15.5 Å². The topological polar surface area (TPSA) is 102 Å². The summed E-state index contributed by atoms with van der Waals surface area (Å²) in [7, 11) is -3.51. The SMILES string of the molecule is C[C@@H]1[C@@H]([Si](C)(C)F)[C@H](CC(=O)N(CCO)Cc2ccccc2)O[C@@]12C(=O)N(Cc1ccc(N3CCNCC3=O)cc1)c1ccc(Cl)cc12. The number of ether oxygens (including phenoxy) is 1. The number of benzene rings is 3. The summed E-state index contributed by atoms with van der Waals surface area (Å²) >= 11 is 6.52. The molecule has 3 aliphatic rings. The van der Waals surface area contributed by atoms with E-state index in [0.717, 1.165) is 16.8 Å². The van der Waals surface area contributed by atoms with E-state index < -0.39 is 31.6 Å². The third-order valence-corrected chi connectivity index (χ3v) is 12.6. The summed E-state index contributed by atoms with van der Waals surface area (Å²) in [6.45, 7) is 7.07. The van der Waals surface area contributed by atoms with Crippen LogP contribution in [0.5, 0.6) is 0 Å². The van der Waals surface area contributed by atoms with Crippen LogP contribution in [0.25, 0.3) is 0 Å². The Kier molecular flexibility index (Phi) is 9.79. The van der Waals surface area contributed by atoms with Crippen molar-refractivity contribution in [1.82, 2.24) is 10.2 Å². The van der Waals surface area contributed by atoms with E-state index in [4.69, 9.17) is 16.3 Å². The van der Waals surface area contributed by atoms with Crippen LogP contribution in [0, 0.1) is 5.92 Å². The van der Waals surface area contributed by atoms with Crippen molar-refractivity contribution < 1.29 is 28.3 Å². The Bertz CT molecular complexity index is 1670. The molecule has 0 bridgehead atoms. The van der Waals surface area contributed by atoms with Crippen molar-refractivity contribution in [3.8, 4) is 0 Å². The molecule has 0 aromatic heterocycles. The summed E-state index contributed by atoms with van der Waals surface area (Å²) in [4.78, 5) is 45.9. The molecule has 12 heteroatoms. The second kappa shape index (κ2) is 13.7. The molecular weight excluding hydrogens is 651 g/mol. The molecule has 0 radical (unpaired) electrons. The Morgan fingerprint density at radius 1 is 1.10 bits per heavy atom. The molecule has 1 spiro atoms. The molecule has 2 saturated heterocycles. The van der Waals surface area contributed by atoms with Gasteiger partial charge in [0, 0.05) is 53.9 Å². The van der Waals surface area contributed by atoms with Gasteiger partial charge in [0.2, 0.25) is 20.2 Å². The average Bonchev–Trinajstić information content (AvgIpc) is 3.48. The lowest BCUT2D eigenvalue weighted by Gasteiger charge is -2.31. The number of aliphatic hydroxyl groups is 1. The maximum absolute atomic E-state index is 16.3. The minimum absolute atomic E-state index is 0.00492. The van der Waals surface area contributed by atoms with Crippen molar-refractivity contribution in [3.05, 3.63) is 94.5 Å². The molecule has 0 saturated carbocycles. The van der Waals surface area contributed by atoms with Crippen molar-refractivity contribution in [2.75, 3.05) is 42.6 Å². The first-order valence-corrected chi connectivity index (χ1v) is 19.8. The van der Waals surface area contributed by atoms with E-state index in [9.17, 15) is 19.5 Å². The maximum atomic E-state index is 16.3. The van der Waals surface area contributed by atoms with Gasteiger partial charge in [0.05, 0.1) is 37.9 Å². The zero-order valence-electron chi connectivity index (χ0n) is 27.5. The lowest BCUT2D eigenvalue weighted by molar-refractivity contribution is -0.150. The minimum atomic E-state index is -3.51. The van der Waals surface area contributed by atoms with Gasteiger partial charge in [-0.15, -0.1) is 0 Å². The van der Waals surface area contributed by atoms with Crippen molar-refractivity contribution in [2.45, 2.75) is 56.8 Å². The highest BCUT2D eigenvalue weighted by atomic mass is 35.5. The molecule has 254 valence electrons.